The van der Waals surface area contributed by atoms with Crippen molar-refractivity contribution in [1.29, 1.82) is 0 Å². The van der Waals surface area contributed by atoms with E-state index in [0.29, 0.717) is 18.3 Å². The van der Waals surface area contributed by atoms with Gasteiger partial charge in [0, 0.05) is 18.4 Å². The van der Waals surface area contributed by atoms with Crippen molar-refractivity contribution in [3.05, 3.63) is 59.2 Å². The van der Waals surface area contributed by atoms with E-state index in [-0.39, 0.29) is 24.1 Å². The highest BCUT2D eigenvalue weighted by molar-refractivity contribution is 7.99. The molecular formula is C24H29N5O3S. The third-order valence-corrected chi connectivity index (χ3v) is 6.00. The molecule has 2 aromatic carbocycles. The minimum atomic E-state index is -0.268. The fourth-order valence-corrected chi connectivity index (χ4v) is 4.13. The number of hydrogen-bond donors (Lipinski definition) is 2. The molecule has 0 saturated carbocycles. The Hall–Kier alpha value is -3.17. The SMILES string of the molecule is COCCn1c(SCC(=O)NCC(=O)Nc2c(C)cccc2C)nnc1-c1cccc(C)c1. The predicted molar refractivity (Wildman–Crippen MR) is 130 cm³/mol. The molecule has 1 aromatic heterocycles. The van der Waals surface area contributed by atoms with Gasteiger partial charge in [-0.3, -0.25) is 14.2 Å². The van der Waals surface area contributed by atoms with E-state index in [1.54, 1.807) is 7.11 Å². The Morgan fingerprint density at radius 1 is 1.03 bits per heavy atom. The summed E-state index contributed by atoms with van der Waals surface area (Å²) in [5.74, 6) is 0.327. The van der Waals surface area contributed by atoms with Gasteiger partial charge in [-0.2, -0.15) is 0 Å². The predicted octanol–water partition coefficient (Wildman–Crippen LogP) is 3.36. The molecule has 0 fully saturated rings. The van der Waals surface area contributed by atoms with Crippen molar-refractivity contribution in [2.45, 2.75) is 32.5 Å². The Morgan fingerprint density at radius 3 is 2.45 bits per heavy atom. The lowest BCUT2D eigenvalue weighted by Gasteiger charge is -2.12. The first-order valence-electron chi connectivity index (χ1n) is 10.6. The molecule has 3 aromatic rings. The molecule has 9 heteroatoms. The zero-order valence-electron chi connectivity index (χ0n) is 19.3. The van der Waals surface area contributed by atoms with Crippen molar-refractivity contribution in [3.63, 3.8) is 0 Å². The van der Waals surface area contributed by atoms with Crippen LogP contribution in [0.5, 0.6) is 0 Å². The van der Waals surface area contributed by atoms with Crippen LogP contribution in [0, 0.1) is 20.8 Å². The average molecular weight is 468 g/mol. The highest BCUT2D eigenvalue weighted by Gasteiger charge is 2.16. The maximum absolute atomic E-state index is 12.4. The molecule has 0 atom stereocenters. The lowest BCUT2D eigenvalue weighted by molar-refractivity contribution is -0.122. The smallest absolute Gasteiger partial charge is 0.243 e. The molecule has 2 N–H and O–H groups in total. The molecule has 2 amide bonds. The molecular weight excluding hydrogens is 438 g/mol. The number of hydrogen-bond acceptors (Lipinski definition) is 6. The minimum Gasteiger partial charge on any atom is -0.383 e. The lowest BCUT2D eigenvalue weighted by atomic mass is 10.1. The Bertz CT molecular complexity index is 1110. The molecule has 3 rings (SSSR count). The fourth-order valence-electron chi connectivity index (χ4n) is 3.33. The van der Waals surface area contributed by atoms with Crippen molar-refractivity contribution in [2.75, 3.05) is 31.3 Å². The van der Waals surface area contributed by atoms with Crippen LogP contribution in [0.1, 0.15) is 16.7 Å². The molecule has 0 aliphatic heterocycles. The van der Waals surface area contributed by atoms with Crippen molar-refractivity contribution in [2.24, 2.45) is 0 Å². The molecule has 174 valence electrons. The molecule has 0 unspecified atom stereocenters. The van der Waals surface area contributed by atoms with Gasteiger partial charge in [-0.25, -0.2) is 0 Å². The summed E-state index contributed by atoms with van der Waals surface area (Å²) < 4.78 is 7.18. The van der Waals surface area contributed by atoms with Gasteiger partial charge in [0.25, 0.3) is 0 Å². The molecule has 8 nitrogen and oxygen atoms in total. The van der Waals surface area contributed by atoms with E-state index in [4.69, 9.17) is 4.74 Å². The Balaban J connectivity index is 1.58. The largest absolute Gasteiger partial charge is 0.383 e. The van der Waals surface area contributed by atoms with E-state index >= 15 is 0 Å². The van der Waals surface area contributed by atoms with E-state index in [9.17, 15) is 9.59 Å². The molecule has 1 heterocycles. The summed E-state index contributed by atoms with van der Waals surface area (Å²) >= 11 is 1.28. The standard InChI is InChI=1S/C24H29N5O3S/c1-16-7-5-10-19(13-16)23-27-28-24(29(23)11-12-32-4)33-15-21(31)25-14-20(30)26-22-17(2)8-6-9-18(22)3/h5-10,13H,11-12,14-15H2,1-4H3,(H,25,31)(H,26,30). The van der Waals surface area contributed by atoms with E-state index in [2.05, 4.69) is 20.8 Å². The second-order valence-electron chi connectivity index (χ2n) is 7.70. The normalized spacial score (nSPS) is 10.8. The van der Waals surface area contributed by atoms with Gasteiger partial charge in [0.15, 0.2) is 11.0 Å². The number of benzene rings is 2. The van der Waals surface area contributed by atoms with Crippen LogP contribution in [0.15, 0.2) is 47.6 Å². The minimum absolute atomic E-state index is 0.0991. The number of nitrogens with one attached hydrogen (secondary N) is 2. The van der Waals surface area contributed by atoms with E-state index in [1.807, 2.05) is 67.8 Å². The Labute approximate surface area is 198 Å². The van der Waals surface area contributed by atoms with Gasteiger partial charge in [0.05, 0.1) is 25.4 Å². The molecule has 0 radical (unpaired) electrons. The summed E-state index contributed by atoms with van der Waals surface area (Å²) in [7, 11) is 1.64. The van der Waals surface area contributed by atoms with Crippen molar-refractivity contribution < 1.29 is 14.3 Å². The third kappa shape index (κ3) is 6.66. The van der Waals surface area contributed by atoms with Gasteiger partial charge in [0.1, 0.15) is 0 Å². The highest BCUT2D eigenvalue weighted by atomic mass is 32.2. The number of carbonyl (C=O) groups excluding carboxylic acids is 2. The summed E-state index contributed by atoms with van der Waals surface area (Å²) in [6.45, 7) is 6.85. The molecule has 0 spiro atoms. The number of rotatable bonds is 10. The number of thioether (sulfide) groups is 1. The van der Waals surface area contributed by atoms with Crippen LogP contribution in [-0.2, 0) is 20.9 Å². The summed E-state index contributed by atoms with van der Waals surface area (Å²) in [5.41, 5.74) is 4.82. The quantitative estimate of drug-likeness (QED) is 0.444. The number of anilines is 1. The average Bonchev–Trinajstić information content (AvgIpc) is 3.20. The second-order valence-corrected chi connectivity index (χ2v) is 8.64. The number of carbonyl (C=O) groups is 2. The van der Waals surface area contributed by atoms with Crippen molar-refractivity contribution >= 4 is 29.3 Å². The Kier molecular flexibility index (Phi) is 8.62. The van der Waals surface area contributed by atoms with Crippen LogP contribution in [0.3, 0.4) is 0 Å². The summed E-state index contributed by atoms with van der Waals surface area (Å²) in [6, 6.07) is 13.8. The Morgan fingerprint density at radius 2 is 1.76 bits per heavy atom. The number of aromatic nitrogens is 3. The van der Waals surface area contributed by atoms with Crippen LogP contribution in [-0.4, -0.2) is 52.6 Å². The number of aryl methyl sites for hydroxylation is 3. The van der Waals surface area contributed by atoms with Crippen LogP contribution < -0.4 is 10.6 Å². The number of amides is 2. The van der Waals surface area contributed by atoms with Gasteiger partial charge >= 0.3 is 0 Å². The maximum Gasteiger partial charge on any atom is 0.243 e. The van der Waals surface area contributed by atoms with Gasteiger partial charge in [-0.1, -0.05) is 53.7 Å². The van der Waals surface area contributed by atoms with E-state index in [0.717, 1.165) is 33.8 Å². The first-order valence-corrected chi connectivity index (χ1v) is 11.6. The van der Waals surface area contributed by atoms with E-state index < -0.39 is 0 Å². The monoisotopic (exact) mass is 467 g/mol. The third-order valence-electron chi connectivity index (χ3n) is 5.04. The topological polar surface area (TPSA) is 98.1 Å². The molecule has 0 aliphatic rings. The summed E-state index contributed by atoms with van der Waals surface area (Å²) in [5, 5.41) is 14.8. The van der Waals surface area contributed by atoms with Crippen molar-refractivity contribution in [1.82, 2.24) is 20.1 Å². The number of para-hydroxylation sites is 1. The van der Waals surface area contributed by atoms with Gasteiger partial charge in [-0.15, -0.1) is 10.2 Å². The molecule has 0 saturated heterocycles. The molecule has 0 aliphatic carbocycles. The summed E-state index contributed by atoms with van der Waals surface area (Å²) in [4.78, 5) is 24.6. The van der Waals surface area contributed by atoms with Crippen LogP contribution in [0.25, 0.3) is 11.4 Å². The van der Waals surface area contributed by atoms with Crippen LogP contribution in [0.4, 0.5) is 5.69 Å². The van der Waals surface area contributed by atoms with Crippen molar-refractivity contribution in [3.8, 4) is 11.4 Å². The van der Waals surface area contributed by atoms with Crippen LogP contribution in [0.2, 0.25) is 0 Å². The number of nitrogens with zero attached hydrogens (tertiary/aromatic N) is 3. The highest BCUT2D eigenvalue weighted by Crippen LogP contribution is 2.24. The molecule has 0 bridgehead atoms. The molecule has 33 heavy (non-hydrogen) atoms. The number of ether oxygens (including phenoxy) is 1. The van der Waals surface area contributed by atoms with Gasteiger partial charge < -0.3 is 15.4 Å². The zero-order chi connectivity index (χ0) is 23.8. The van der Waals surface area contributed by atoms with Gasteiger partial charge in [0.2, 0.25) is 11.8 Å². The summed E-state index contributed by atoms with van der Waals surface area (Å²) in [6.07, 6.45) is 0. The lowest BCUT2D eigenvalue weighted by Crippen LogP contribution is -2.34. The fraction of sp³-hybridized carbons (Fsp3) is 0.333. The zero-order valence-corrected chi connectivity index (χ0v) is 20.2. The second kappa shape index (κ2) is 11.6. The number of methoxy groups -OCH3 is 1. The van der Waals surface area contributed by atoms with E-state index in [1.165, 1.54) is 11.8 Å². The first-order chi connectivity index (χ1) is 15.9. The maximum atomic E-state index is 12.4. The van der Waals surface area contributed by atoms with Crippen LogP contribution >= 0.6 is 11.8 Å². The van der Waals surface area contributed by atoms with Gasteiger partial charge in [-0.05, 0) is 38.0 Å². The first kappa shape index (κ1) is 24.5.